The van der Waals surface area contributed by atoms with Gasteiger partial charge in [0.25, 0.3) is 0 Å². The van der Waals surface area contributed by atoms with E-state index in [-0.39, 0.29) is 6.04 Å². The molecule has 18 heavy (non-hydrogen) atoms. The number of nitrogens with zero attached hydrogens (tertiary/aromatic N) is 1. The van der Waals surface area contributed by atoms with E-state index in [4.69, 9.17) is 17.4 Å². The lowest BCUT2D eigenvalue weighted by Crippen LogP contribution is -2.30. The molecule has 1 heterocycles. The predicted octanol–water partition coefficient (Wildman–Crippen LogP) is 3.85. The highest BCUT2D eigenvalue weighted by atomic mass is 35.5. The van der Waals surface area contributed by atoms with Crippen molar-refractivity contribution in [1.29, 1.82) is 0 Å². The van der Waals surface area contributed by atoms with E-state index >= 15 is 0 Å². The number of rotatable bonds is 8. The van der Waals surface area contributed by atoms with Gasteiger partial charge in [0.15, 0.2) is 0 Å². The van der Waals surface area contributed by atoms with E-state index in [9.17, 15) is 0 Å². The molecular formula is C14H24ClN3. The zero-order chi connectivity index (χ0) is 13.4. The zero-order valence-electron chi connectivity index (χ0n) is 11.3. The Labute approximate surface area is 115 Å². The van der Waals surface area contributed by atoms with Crippen molar-refractivity contribution in [2.24, 2.45) is 11.8 Å². The minimum absolute atomic E-state index is 0.113. The molecule has 0 amide bonds. The van der Waals surface area contributed by atoms with Crippen molar-refractivity contribution >= 4 is 11.6 Å². The number of aromatic nitrogens is 1. The topological polar surface area (TPSA) is 50.9 Å². The fraction of sp³-hybridized carbons (Fsp3) is 0.643. The molecule has 0 aliphatic heterocycles. The van der Waals surface area contributed by atoms with Gasteiger partial charge >= 0.3 is 0 Å². The number of nitrogens with two attached hydrogens (primary N) is 1. The maximum absolute atomic E-state index is 6.17. The van der Waals surface area contributed by atoms with E-state index in [0.29, 0.717) is 10.9 Å². The average Bonchev–Trinajstić information content (AvgIpc) is 2.40. The number of pyridine rings is 1. The summed E-state index contributed by atoms with van der Waals surface area (Å²) >= 11 is 6.17. The van der Waals surface area contributed by atoms with Crippen LogP contribution in [0.2, 0.25) is 5.02 Å². The number of hydrogen-bond acceptors (Lipinski definition) is 3. The number of hydrazine groups is 1. The summed E-state index contributed by atoms with van der Waals surface area (Å²) < 4.78 is 0. The molecule has 1 rings (SSSR count). The van der Waals surface area contributed by atoms with E-state index in [0.717, 1.165) is 12.0 Å². The molecule has 2 unspecified atom stereocenters. The Morgan fingerprint density at radius 3 is 2.78 bits per heavy atom. The van der Waals surface area contributed by atoms with Crippen molar-refractivity contribution in [3.8, 4) is 0 Å². The summed E-state index contributed by atoms with van der Waals surface area (Å²) in [5.41, 5.74) is 3.93. The van der Waals surface area contributed by atoms with E-state index in [1.807, 2.05) is 6.07 Å². The molecule has 0 bridgehead atoms. The molecule has 1 aromatic heterocycles. The Morgan fingerprint density at radius 2 is 2.22 bits per heavy atom. The van der Waals surface area contributed by atoms with E-state index in [1.54, 1.807) is 12.4 Å². The molecule has 0 aromatic carbocycles. The molecule has 0 fully saturated rings. The zero-order valence-corrected chi connectivity index (χ0v) is 12.1. The summed E-state index contributed by atoms with van der Waals surface area (Å²) in [6, 6.07) is 2.06. The molecule has 3 nitrogen and oxygen atoms in total. The number of nitrogens with one attached hydrogen (secondary N) is 1. The van der Waals surface area contributed by atoms with Crippen LogP contribution in [0.5, 0.6) is 0 Å². The number of unbranched alkanes of at least 4 members (excludes halogenated alkanes) is 1. The standard InChI is InChI=1S/C14H24ClN3/c1-3-5-6-11(4-2)9-14(18-16)12-7-8-17-10-13(12)15/h7-8,10-11,14,18H,3-6,9,16H2,1-2H3. The summed E-state index contributed by atoms with van der Waals surface area (Å²) in [5, 5.41) is 0.686. The first-order valence-corrected chi connectivity index (χ1v) is 7.16. The highest BCUT2D eigenvalue weighted by molar-refractivity contribution is 6.31. The summed E-state index contributed by atoms with van der Waals surface area (Å²) in [6.07, 6.45) is 9.42. The molecule has 0 saturated carbocycles. The van der Waals surface area contributed by atoms with Crippen LogP contribution in [0.25, 0.3) is 0 Å². The van der Waals surface area contributed by atoms with Crippen molar-refractivity contribution < 1.29 is 0 Å². The van der Waals surface area contributed by atoms with Crippen LogP contribution in [0.4, 0.5) is 0 Å². The lowest BCUT2D eigenvalue weighted by molar-refractivity contribution is 0.356. The van der Waals surface area contributed by atoms with Gasteiger partial charge in [-0.25, -0.2) is 0 Å². The molecule has 0 aliphatic carbocycles. The van der Waals surface area contributed by atoms with Crippen LogP contribution < -0.4 is 11.3 Å². The van der Waals surface area contributed by atoms with Gasteiger partial charge < -0.3 is 0 Å². The van der Waals surface area contributed by atoms with Crippen LogP contribution in [0.3, 0.4) is 0 Å². The lowest BCUT2D eigenvalue weighted by atomic mass is 9.90. The smallest absolute Gasteiger partial charge is 0.0637 e. The van der Waals surface area contributed by atoms with Gasteiger partial charge in [0, 0.05) is 18.4 Å². The highest BCUT2D eigenvalue weighted by Crippen LogP contribution is 2.29. The quantitative estimate of drug-likeness (QED) is 0.557. The third kappa shape index (κ3) is 4.56. The molecule has 2 atom stereocenters. The summed E-state index contributed by atoms with van der Waals surface area (Å²) in [7, 11) is 0. The Kier molecular flexibility index (Phi) is 7.25. The first kappa shape index (κ1) is 15.4. The second-order valence-electron chi connectivity index (χ2n) is 4.77. The first-order chi connectivity index (χ1) is 8.72. The van der Waals surface area contributed by atoms with E-state index in [2.05, 4.69) is 24.3 Å². The molecule has 4 heteroatoms. The summed E-state index contributed by atoms with van der Waals surface area (Å²) in [4.78, 5) is 4.01. The number of halogens is 1. The Morgan fingerprint density at radius 1 is 1.44 bits per heavy atom. The predicted molar refractivity (Wildman–Crippen MR) is 77.2 cm³/mol. The molecule has 0 radical (unpaired) electrons. The third-order valence-electron chi connectivity index (χ3n) is 3.49. The minimum atomic E-state index is 0.113. The second kappa shape index (κ2) is 8.46. The molecule has 3 N–H and O–H groups in total. The Bertz CT molecular complexity index is 344. The molecular weight excluding hydrogens is 246 g/mol. The minimum Gasteiger partial charge on any atom is -0.271 e. The van der Waals surface area contributed by atoms with Gasteiger partial charge in [-0.2, -0.15) is 0 Å². The van der Waals surface area contributed by atoms with Crippen LogP contribution in [0.1, 0.15) is 57.6 Å². The van der Waals surface area contributed by atoms with Crippen LogP contribution in [0, 0.1) is 5.92 Å². The van der Waals surface area contributed by atoms with Gasteiger partial charge in [-0.15, -0.1) is 0 Å². The maximum Gasteiger partial charge on any atom is 0.0637 e. The largest absolute Gasteiger partial charge is 0.271 e. The van der Waals surface area contributed by atoms with Crippen molar-refractivity contribution in [2.45, 2.75) is 52.0 Å². The normalized spacial score (nSPS) is 14.4. The van der Waals surface area contributed by atoms with Gasteiger partial charge in [0.1, 0.15) is 0 Å². The van der Waals surface area contributed by atoms with Crippen LogP contribution in [-0.4, -0.2) is 4.98 Å². The molecule has 1 aromatic rings. The molecule has 0 spiro atoms. The lowest BCUT2D eigenvalue weighted by Gasteiger charge is -2.23. The van der Waals surface area contributed by atoms with Gasteiger partial charge in [-0.3, -0.25) is 16.3 Å². The Balaban J connectivity index is 2.68. The van der Waals surface area contributed by atoms with Crippen molar-refractivity contribution in [1.82, 2.24) is 10.4 Å². The molecule has 0 saturated heterocycles. The van der Waals surface area contributed by atoms with Crippen LogP contribution >= 0.6 is 11.6 Å². The van der Waals surface area contributed by atoms with Crippen LogP contribution in [0.15, 0.2) is 18.5 Å². The van der Waals surface area contributed by atoms with Gasteiger partial charge in [0.2, 0.25) is 0 Å². The molecule has 0 aliphatic rings. The fourth-order valence-electron chi connectivity index (χ4n) is 2.27. The van der Waals surface area contributed by atoms with Gasteiger partial charge in [-0.05, 0) is 24.0 Å². The van der Waals surface area contributed by atoms with E-state index in [1.165, 1.54) is 25.7 Å². The Hall–Kier alpha value is -0.640. The number of hydrogen-bond donors (Lipinski definition) is 2. The average molecular weight is 270 g/mol. The van der Waals surface area contributed by atoms with Crippen molar-refractivity contribution in [3.05, 3.63) is 29.0 Å². The first-order valence-electron chi connectivity index (χ1n) is 6.78. The summed E-state index contributed by atoms with van der Waals surface area (Å²) in [6.45, 7) is 4.47. The van der Waals surface area contributed by atoms with Crippen molar-refractivity contribution in [2.75, 3.05) is 0 Å². The molecule has 102 valence electrons. The fourth-order valence-corrected chi connectivity index (χ4v) is 2.52. The van der Waals surface area contributed by atoms with Gasteiger partial charge in [0.05, 0.1) is 5.02 Å². The van der Waals surface area contributed by atoms with E-state index < -0.39 is 0 Å². The highest BCUT2D eigenvalue weighted by Gasteiger charge is 2.17. The van der Waals surface area contributed by atoms with Gasteiger partial charge in [-0.1, -0.05) is 51.1 Å². The van der Waals surface area contributed by atoms with Crippen LogP contribution in [-0.2, 0) is 0 Å². The third-order valence-corrected chi connectivity index (χ3v) is 3.81. The summed E-state index contributed by atoms with van der Waals surface area (Å²) in [5.74, 6) is 6.37. The monoisotopic (exact) mass is 269 g/mol. The second-order valence-corrected chi connectivity index (χ2v) is 5.18. The maximum atomic E-state index is 6.17. The SMILES string of the molecule is CCCCC(CC)CC(NN)c1ccncc1Cl. The van der Waals surface area contributed by atoms with Crippen molar-refractivity contribution in [3.63, 3.8) is 0 Å².